The van der Waals surface area contributed by atoms with Crippen LogP contribution in [0.5, 0.6) is 0 Å². The number of sulfonamides is 1. The zero-order valence-electron chi connectivity index (χ0n) is 21.8. The molecule has 7 nitrogen and oxygen atoms in total. The summed E-state index contributed by atoms with van der Waals surface area (Å²) in [5.41, 5.74) is 3.24. The summed E-state index contributed by atoms with van der Waals surface area (Å²) in [5.74, 6) is -0.724. The van der Waals surface area contributed by atoms with E-state index in [4.69, 9.17) is 0 Å². The molecular weight excluding hydrogens is 486 g/mol. The Labute approximate surface area is 220 Å². The van der Waals surface area contributed by atoms with E-state index in [9.17, 15) is 18.0 Å². The van der Waals surface area contributed by atoms with E-state index in [1.54, 1.807) is 42.5 Å². The number of benzene rings is 3. The minimum atomic E-state index is -4.05. The predicted octanol–water partition coefficient (Wildman–Crippen LogP) is 4.44. The summed E-state index contributed by atoms with van der Waals surface area (Å²) in [6, 6.07) is 22.0. The fourth-order valence-electron chi connectivity index (χ4n) is 4.18. The number of hydrogen-bond donors (Lipinski definition) is 1. The zero-order valence-corrected chi connectivity index (χ0v) is 22.7. The topological polar surface area (TPSA) is 86.8 Å². The van der Waals surface area contributed by atoms with E-state index in [-0.39, 0.29) is 17.3 Å². The molecule has 0 aliphatic carbocycles. The van der Waals surface area contributed by atoms with Gasteiger partial charge in [-0.05, 0) is 57.0 Å². The molecule has 37 heavy (non-hydrogen) atoms. The lowest BCUT2D eigenvalue weighted by molar-refractivity contribution is -0.140. The third-order valence-electron chi connectivity index (χ3n) is 6.10. The second-order valence-corrected chi connectivity index (χ2v) is 10.9. The first kappa shape index (κ1) is 27.9. The smallest absolute Gasteiger partial charge is 0.264 e. The molecule has 2 amide bonds. The Morgan fingerprint density at radius 2 is 1.54 bits per heavy atom. The number of hydrogen-bond acceptors (Lipinski definition) is 4. The van der Waals surface area contributed by atoms with Crippen LogP contribution >= 0.6 is 0 Å². The van der Waals surface area contributed by atoms with Gasteiger partial charge in [0.05, 0.1) is 10.6 Å². The molecule has 0 fully saturated rings. The molecule has 0 saturated carbocycles. The molecule has 0 radical (unpaired) electrons. The predicted molar refractivity (Wildman–Crippen MR) is 147 cm³/mol. The van der Waals surface area contributed by atoms with Gasteiger partial charge in [0.15, 0.2) is 0 Å². The van der Waals surface area contributed by atoms with E-state index >= 15 is 0 Å². The van der Waals surface area contributed by atoms with Crippen molar-refractivity contribution in [1.29, 1.82) is 0 Å². The fraction of sp³-hybridized carbons (Fsp3) is 0.310. The van der Waals surface area contributed by atoms with Gasteiger partial charge in [-0.2, -0.15) is 0 Å². The number of aryl methyl sites for hydroxylation is 2. The third kappa shape index (κ3) is 6.98. The molecular formula is C29H35N3O4S. The number of anilines is 1. The number of amides is 2. The quantitative estimate of drug-likeness (QED) is 0.404. The number of nitrogens with zero attached hydrogens (tertiary/aromatic N) is 2. The van der Waals surface area contributed by atoms with Gasteiger partial charge in [-0.3, -0.25) is 13.9 Å². The minimum absolute atomic E-state index is 0.0874. The lowest BCUT2D eigenvalue weighted by atomic mass is 10.1. The first-order valence-electron chi connectivity index (χ1n) is 12.4. The van der Waals surface area contributed by atoms with Gasteiger partial charge >= 0.3 is 0 Å². The van der Waals surface area contributed by atoms with Crippen molar-refractivity contribution in [3.63, 3.8) is 0 Å². The van der Waals surface area contributed by atoms with Crippen molar-refractivity contribution in [2.75, 3.05) is 17.4 Å². The van der Waals surface area contributed by atoms with Gasteiger partial charge in [-0.1, -0.05) is 72.6 Å². The Hall–Kier alpha value is -3.65. The van der Waals surface area contributed by atoms with Crippen molar-refractivity contribution in [2.24, 2.45) is 0 Å². The molecule has 1 N–H and O–H groups in total. The summed E-state index contributed by atoms with van der Waals surface area (Å²) in [6.07, 6.45) is 0.388. The maximum absolute atomic E-state index is 13.9. The van der Waals surface area contributed by atoms with Gasteiger partial charge in [0.2, 0.25) is 11.8 Å². The second kappa shape index (κ2) is 12.5. The van der Waals surface area contributed by atoms with E-state index in [0.29, 0.717) is 18.7 Å². The molecule has 1 unspecified atom stereocenters. The van der Waals surface area contributed by atoms with Crippen molar-refractivity contribution in [1.82, 2.24) is 10.2 Å². The van der Waals surface area contributed by atoms with E-state index in [2.05, 4.69) is 5.32 Å². The maximum Gasteiger partial charge on any atom is 0.264 e. The van der Waals surface area contributed by atoms with Crippen LogP contribution in [0, 0.1) is 13.8 Å². The van der Waals surface area contributed by atoms with Gasteiger partial charge in [0, 0.05) is 13.1 Å². The van der Waals surface area contributed by atoms with Gasteiger partial charge in [-0.25, -0.2) is 8.42 Å². The van der Waals surface area contributed by atoms with Crippen LogP contribution in [0.4, 0.5) is 5.69 Å². The Balaban J connectivity index is 2.04. The molecule has 1 atom stereocenters. The lowest BCUT2D eigenvalue weighted by Gasteiger charge is -2.33. The highest BCUT2D eigenvalue weighted by molar-refractivity contribution is 7.92. The Morgan fingerprint density at radius 3 is 2.14 bits per heavy atom. The average molecular weight is 522 g/mol. The molecule has 3 aromatic rings. The lowest BCUT2D eigenvalue weighted by Crippen LogP contribution is -2.52. The Morgan fingerprint density at radius 1 is 0.865 bits per heavy atom. The van der Waals surface area contributed by atoms with Crippen molar-refractivity contribution >= 4 is 27.5 Å². The summed E-state index contributed by atoms with van der Waals surface area (Å²) in [7, 11) is -4.05. The molecule has 0 heterocycles. The summed E-state index contributed by atoms with van der Waals surface area (Å²) >= 11 is 0. The molecule has 0 bridgehead atoms. The van der Waals surface area contributed by atoms with Crippen LogP contribution in [0.25, 0.3) is 0 Å². The molecule has 0 aromatic heterocycles. The molecule has 0 aliphatic rings. The average Bonchev–Trinajstić information content (AvgIpc) is 2.88. The fourth-order valence-corrected chi connectivity index (χ4v) is 5.61. The third-order valence-corrected chi connectivity index (χ3v) is 7.89. The van der Waals surface area contributed by atoms with Crippen molar-refractivity contribution < 1.29 is 18.0 Å². The molecule has 3 aromatic carbocycles. The van der Waals surface area contributed by atoms with E-state index in [1.807, 2.05) is 52.0 Å². The first-order chi connectivity index (χ1) is 17.7. The summed E-state index contributed by atoms with van der Waals surface area (Å²) in [6.45, 7) is 7.71. The number of likely N-dealkylation sites (N-methyl/N-ethyl adjacent to an activating group) is 1. The molecule has 0 saturated heterocycles. The van der Waals surface area contributed by atoms with Crippen molar-refractivity contribution in [2.45, 2.75) is 51.6 Å². The number of carbonyl (C=O) groups excluding carboxylic acids is 2. The zero-order chi connectivity index (χ0) is 27.0. The Bertz CT molecular complexity index is 1310. The summed E-state index contributed by atoms with van der Waals surface area (Å²) < 4.78 is 28.6. The molecule has 8 heteroatoms. The highest BCUT2D eigenvalue weighted by Gasteiger charge is 2.33. The molecule has 0 spiro atoms. The molecule has 196 valence electrons. The van der Waals surface area contributed by atoms with E-state index in [0.717, 1.165) is 21.0 Å². The van der Waals surface area contributed by atoms with Gasteiger partial charge in [-0.15, -0.1) is 0 Å². The molecule has 0 aliphatic heterocycles. The van der Waals surface area contributed by atoms with Crippen LogP contribution in [0.2, 0.25) is 0 Å². The van der Waals surface area contributed by atoms with Gasteiger partial charge in [0.1, 0.15) is 12.6 Å². The van der Waals surface area contributed by atoms with Crippen LogP contribution in [0.1, 0.15) is 37.0 Å². The minimum Gasteiger partial charge on any atom is -0.355 e. The van der Waals surface area contributed by atoms with Crippen LogP contribution in [-0.2, 0) is 26.2 Å². The standard InChI is InChI=1S/C29H35N3O4S/c1-5-27(29(34)30-6-2)31(20-24-12-10-11-23(4)19-24)28(33)21-32(25-17-15-22(3)16-18-25)37(35,36)26-13-8-7-9-14-26/h7-19,27H,5-6,20-21H2,1-4H3,(H,30,34). The highest BCUT2D eigenvalue weighted by Crippen LogP contribution is 2.25. The van der Waals surface area contributed by atoms with Crippen molar-refractivity contribution in [3.05, 3.63) is 95.6 Å². The largest absolute Gasteiger partial charge is 0.355 e. The number of rotatable bonds is 11. The van der Waals surface area contributed by atoms with Crippen molar-refractivity contribution in [3.8, 4) is 0 Å². The van der Waals surface area contributed by atoms with Crippen LogP contribution in [0.15, 0.2) is 83.8 Å². The SMILES string of the molecule is CCNC(=O)C(CC)N(Cc1cccc(C)c1)C(=O)CN(c1ccc(C)cc1)S(=O)(=O)c1ccccc1. The maximum atomic E-state index is 13.9. The number of carbonyl (C=O) groups is 2. The van der Waals surface area contributed by atoms with Crippen LogP contribution in [0.3, 0.4) is 0 Å². The van der Waals surface area contributed by atoms with Gasteiger partial charge in [0.25, 0.3) is 10.0 Å². The normalized spacial score (nSPS) is 12.0. The highest BCUT2D eigenvalue weighted by atomic mass is 32.2. The van der Waals surface area contributed by atoms with Crippen LogP contribution in [-0.4, -0.2) is 44.3 Å². The number of nitrogens with one attached hydrogen (secondary N) is 1. The monoisotopic (exact) mass is 521 g/mol. The summed E-state index contributed by atoms with van der Waals surface area (Å²) in [4.78, 5) is 28.4. The second-order valence-electron chi connectivity index (χ2n) is 8.99. The summed E-state index contributed by atoms with van der Waals surface area (Å²) in [5, 5.41) is 2.81. The first-order valence-corrected chi connectivity index (χ1v) is 13.9. The molecule has 3 rings (SSSR count). The van der Waals surface area contributed by atoms with Gasteiger partial charge < -0.3 is 10.2 Å². The van der Waals surface area contributed by atoms with E-state index < -0.39 is 28.5 Å². The Kier molecular flexibility index (Phi) is 9.47. The van der Waals surface area contributed by atoms with Crippen LogP contribution < -0.4 is 9.62 Å². The van der Waals surface area contributed by atoms with E-state index in [1.165, 1.54) is 17.0 Å².